The van der Waals surface area contributed by atoms with Gasteiger partial charge in [0.2, 0.25) is 5.91 Å². The summed E-state index contributed by atoms with van der Waals surface area (Å²) in [5.74, 6) is -0.654. The van der Waals surface area contributed by atoms with Crippen molar-refractivity contribution in [3.63, 3.8) is 0 Å². The molecule has 0 saturated carbocycles. The first-order valence-corrected chi connectivity index (χ1v) is 7.71. The number of furan rings is 1. The van der Waals surface area contributed by atoms with E-state index in [0.29, 0.717) is 12.2 Å². The van der Waals surface area contributed by atoms with Crippen LogP contribution < -0.4 is 0 Å². The van der Waals surface area contributed by atoms with E-state index >= 15 is 0 Å². The van der Waals surface area contributed by atoms with Crippen LogP contribution >= 0.6 is 11.3 Å². The van der Waals surface area contributed by atoms with E-state index in [1.165, 1.54) is 5.01 Å². The van der Waals surface area contributed by atoms with E-state index in [9.17, 15) is 9.59 Å². The number of thiophene rings is 1. The highest BCUT2D eigenvalue weighted by Crippen LogP contribution is 2.34. The van der Waals surface area contributed by atoms with Gasteiger partial charge in [0.15, 0.2) is 0 Å². The van der Waals surface area contributed by atoms with Gasteiger partial charge in [0.1, 0.15) is 11.8 Å². The van der Waals surface area contributed by atoms with Gasteiger partial charge >= 0.3 is 5.97 Å². The molecular weight excluding hydrogens is 304 g/mol. The van der Waals surface area contributed by atoms with E-state index in [4.69, 9.17) is 9.52 Å². The Morgan fingerprint density at radius 1 is 1.36 bits per heavy atom. The fraction of sp³-hybridized carbons (Fsp3) is 0.267. The summed E-state index contributed by atoms with van der Waals surface area (Å²) in [5.41, 5.74) is 0.820. The zero-order chi connectivity index (χ0) is 15.5. The van der Waals surface area contributed by atoms with Crippen molar-refractivity contribution in [2.75, 3.05) is 0 Å². The molecule has 22 heavy (non-hydrogen) atoms. The van der Waals surface area contributed by atoms with E-state index in [-0.39, 0.29) is 24.8 Å². The van der Waals surface area contributed by atoms with Gasteiger partial charge in [-0.1, -0.05) is 6.07 Å². The standard InChI is InChI=1S/C15H14N2O4S/c18-14(5-6-15(19)20)17-11(12-3-1-7-21-12)9-10(16-17)13-4-2-8-22-13/h1-4,7-8,11H,5-6,9H2,(H,19,20)/t11-/m1/s1. The Bertz CT molecular complexity index is 691. The van der Waals surface area contributed by atoms with Gasteiger partial charge in [-0.25, -0.2) is 5.01 Å². The molecule has 3 heterocycles. The van der Waals surface area contributed by atoms with E-state index in [0.717, 1.165) is 10.6 Å². The lowest BCUT2D eigenvalue weighted by atomic mass is 10.1. The molecule has 1 N–H and O–H groups in total. The molecule has 7 heteroatoms. The monoisotopic (exact) mass is 318 g/mol. The van der Waals surface area contributed by atoms with Crippen LogP contribution in [0, 0.1) is 0 Å². The number of hydrogen-bond acceptors (Lipinski definition) is 5. The van der Waals surface area contributed by atoms with Crippen LogP contribution in [0.25, 0.3) is 0 Å². The number of rotatable bonds is 5. The van der Waals surface area contributed by atoms with Crippen molar-refractivity contribution < 1.29 is 19.1 Å². The number of carboxylic acid groups (broad SMARTS) is 1. The number of hydrazone groups is 1. The van der Waals surface area contributed by atoms with E-state index in [1.54, 1.807) is 29.7 Å². The maximum absolute atomic E-state index is 12.3. The minimum Gasteiger partial charge on any atom is -0.481 e. The smallest absolute Gasteiger partial charge is 0.303 e. The largest absolute Gasteiger partial charge is 0.481 e. The second-order valence-electron chi connectivity index (χ2n) is 4.89. The van der Waals surface area contributed by atoms with Crippen LogP contribution in [0.5, 0.6) is 0 Å². The molecular formula is C15H14N2O4S. The Morgan fingerprint density at radius 3 is 2.86 bits per heavy atom. The molecule has 0 bridgehead atoms. The van der Waals surface area contributed by atoms with Gasteiger partial charge in [0, 0.05) is 12.8 Å². The molecule has 0 aromatic carbocycles. The summed E-state index contributed by atoms with van der Waals surface area (Å²) in [6.45, 7) is 0. The van der Waals surface area contributed by atoms with Crippen LogP contribution in [0.3, 0.4) is 0 Å². The Morgan fingerprint density at radius 2 is 2.23 bits per heavy atom. The van der Waals surface area contributed by atoms with Gasteiger partial charge in [-0.15, -0.1) is 11.3 Å². The lowest BCUT2D eigenvalue weighted by Crippen LogP contribution is -2.27. The van der Waals surface area contributed by atoms with E-state index in [2.05, 4.69) is 5.10 Å². The van der Waals surface area contributed by atoms with Crippen LogP contribution in [0.1, 0.15) is 35.9 Å². The molecule has 2 aromatic rings. The third-order valence-electron chi connectivity index (χ3n) is 3.40. The lowest BCUT2D eigenvalue weighted by molar-refractivity contribution is -0.141. The molecule has 1 amide bonds. The molecule has 114 valence electrons. The lowest BCUT2D eigenvalue weighted by Gasteiger charge is -2.19. The third kappa shape index (κ3) is 2.94. The van der Waals surface area contributed by atoms with Crippen molar-refractivity contribution in [3.05, 3.63) is 46.5 Å². The van der Waals surface area contributed by atoms with Gasteiger partial charge in [0.25, 0.3) is 0 Å². The van der Waals surface area contributed by atoms with E-state index in [1.807, 2.05) is 17.5 Å². The normalized spacial score (nSPS) is 17.5. The minimum absolute atomic E-state index is 0.0756. The summed E-state index contributed by atoms with van der Waals surface area (Å²) < 4.78 is 5.41. The highest BCUT2D eigenvalue weighted by atomic mass is 32.1. The summed E-state index contributed by atoms with van der Waals surface area (Å²) in [6.07, 6.45) is 1.84. The molecule has 0 radical (unpaired) electrons. The molecule has 6 nitrogen and oxygen atoms in total. The molecule has 0 fully saturated rings. The van der Waals surface area contributed by atoms with Crippen LogP contribution in [-0.4, -0.2) is 27.7 Å². The summed E-state index contributed by atoms with van der Waals surface area (Å²) in [6, 6.07) is 7.13. The second kappa shape index (κ2) is 6.15. The van der Waals surface area contributed by atoms with Crippen LogP contribution in [0.4, 0.5) is 0 Å². The number of aliphatic carboxylic acids is 1. The van der Waals surface area contributed by atoms with Crippen molar-refractivity contribution in [2.45, 2.75) is 25.3 Å². The third-order valence-corrected chi connectivity index (χ3v) is 4.31. The number of hydrogen-bond donors (Lipinski definition) is 1. The highest BCUT2D eigenvalue weighted by Gasteiger charge is 2.34. The number of carbonyl (C=O) groups is 2. The zero-order valence-corrected chi connectivity index (χ0v) is 12.5. The average molecular weight is 318 g/mol. The van der Waals surface area contributed by atoms with Gasteiger partial charge in [-0.05, 0) is 23.6 Å². The number of nitrogens with zero attached hydrogens (tertiary/aromatic N) is 2. The summed E-state index contributed by atoms with van der Waals surface area (Å²) in [4.78, 5) is 23.9. The molecule has 0 aliphatic carbocycles. The first-order chi connectivity index (χ1) is 10.6. The summed E-state index contributed by atoms with van der Waals surface area (Å²) in [7, 11) is 0. The Kier molecular flexibility index (Phi) is 4.06. The quantitative estimate of drug-likeness (QED) is 0.919. The zero-order valence-electron chi connectivity index (χ0n) is 11.6. The molecule has 3 rings (SSSR count). The fourth-order valence-corrected chi connectivity index (χ4v) is 3.08. The predicted octanol–water partition coefficient (Wildman–Crippen LogP) is 2.88. The first-order valence-electron chi connectivity index (χ1n) is 6.84. The molecule has 0 unspecified atom stereocenters. The number of carboxylic acids is 1. The van der Waals surface area contributed by atoms with E-state index < -0.39 is 5.97 Å². The Balaban J connectivity index is 1.84. The van der Waals surface area contributed by atoms with Crippen LogP contribution in [0.15, 0.2) is 45.4 Å². The first kappa shape index (κ1) is 14.5. The fourth-order valence-electron chi connectivity index (χ4n) is 2.36. The SMILES string of the molecule is O=C(O)CCC(=O)N1N=C(c2cccs2)C[C@@H]1c1ccco1. The highest BCUT2D eigenvalue weighted by molar-refractivity contribution is 7.12. The summed E-state index contributed by atoms with van der Waals surface area (Å²) >= 11 is 1.56. The van der Waals surface area contributed by atoms with Crippen molar-refractivity contribution in [3.8, 4) is 0 Å². The predicted molar refractivity (Wildman–Crippen MR) is 80.6 cm³/mol. The molecule has 2 aromatic heterocycles. The molecule has 1 aliphatic rings. The minimum atomic E-state index is -0.996. The van der Waals surface area contributed by atoms with Gasteiger partial charge in [-0.2, -0.15) is 5.10 Å². The maximum Gasteiger partial charge on any atom is 0.303 e. The molecule has 1 aliphatic heterocycles. The number of amides is 1. The topological polar surface area (TPSA) is 83.1 Å². The Labute approximate surface area is 130 Å². The van der Waals surface area contributed by atoms with Crippen molar-refractivity contribution in [2.24, 2.45) is 5.10 Å². The maximum atomic E-state index is 12.3. The second-order valence-corrected chi connectivity index (χ2v) is 5.84. The van der Waals surface area contributed by atoms with Gasteiger partial charge in [0.05, 0.1) is 23.3 Å². The van der Waals surface area contributed by atoms with Crippen molar-refractivity contribution >= 4 is 28.9 Å². The van der Waals surface area contributed by atoms with Gasteiger partial charge < -0.3 is 9.52 Å². The van der Waals surface area contributed by atoms with Crippen molar-refractivity contribution in [1.29, 1.82) is 0 Å². The molecule has 1 atom stereocenters. The number of carbonyl (C=O) groups excluding carboxylic acids is 1. The summed E-state index contributed by atoms with van der Waals surface area (Å²) in [5, 5.41) is 16.4. The van der Waals surface area contributed by atoms with Gasteiger partial charge in [-0.3, -0.25) is 9.59 Å². The van der Waals surface area contributed by atoms with Crippen molar-refractivity contribution in [1.82, 2.24) is 5.01 Å². The van der Waals surface area contributed by atoms with Crippen LogP contribution in [0.2, 0.25) is 0 Å². The molecule has 0 saturated heterocycles. The van der Waals surface area contributed by atoms with Crippen LogP contribution in [-0.2, 0) is 9.59 Å². The average Bonchev–Trinajstić information content (AvgIpc) is 3.23. The molecule has 0 spiro atoms. The Hall–Kier alpha value is -2.41.